The van der Waals surface area contributed by atoms with Crippen molar-refractivity contribution in [1.29, 1.82) is 0 Å². The van der Waals surface area contributed by atoms with Gasteiger partial charge in [-0.2, -0.15) is 0 Å². The van der Waals surface area contributed by atoms with Crippen molar-refractivity contribution in [3.05, 3.63) is 77.7 Å². The average molecular weight is 302 g/mol. The molecule has 5 rings (SSSR count). The van der Waals surface area contributed by atoms with E-state index in [0.717, 1.165) is 0 Å². The lowest BCUT2D eigenvalue weighted by atomic mass is 9.92. The molecule has 1 N–H and O–H groups in total. The van der Waals surface area contributed by atoms with E-state index in [9.17, 15) is 0 Å². The lowest BCUT2D eigenvalue weighted by Gasteiger charge is -2.27. The van der Waals surface area contributed by atoms with Gasteiger partial charge >= 0.3 is 0 Å². The Bertz CT molecular complexity index is 1000. The van der Waals surface area contributed by atoms with E-state index in [1.54, 1.807) is 0 Å². The van der Waals surface area contributed by atoms with Crippen molar-refractivity contribution in [2.75, 3.05) is 0 Å². The highest BCUT2D eigenvalue weighted by molar-refractivity contribution is 7.25. The Morgan fingerprint density at radius 2 is 1.82 bits per heavy atom. The van der Waals surface area contributed by atoms with Gasteiger partial charge in [0.2, 0.25) is 0 Å². The summed E-state index contributed by atoms with van der Waals surface area (Å²) < 4.78 is 2.77. The van der Waals surface area contributed by atoms with Gasteiger partial charge in [0.25, 0.3) is 0 Å². The second-order valence-electron chi connectivity index (χ2n) is 6.13. The minimum Gasteiger partial charge on any atom is -0.273 e. The molecule has 2 aromatic carbocycles. The van der Waals surface area contributed by atoms with Crippen molar-refractivity contribution < 1.29 is 4.90 Å². The molecule has 106 valence electrons. The van der Waals surface area contributed by atoms with Crippen LogP contribution in [0.1, 0.15) is 24.1 Å². The summed E-state index contributed by atoms with van der Waals surface area (Å²) in [5.74, 6) is 0. The van der Waals surface area contributed by atoms with E-state index in [-0.39, 0.29) is 0 Å². The summed E-state index contributed by atoms with van der Waals surface area (Å²) in [5, 5.41) is 2.78. The predicted octanol–water partition coefficient (Wildman–Crippen LogP) is 4.44. The standard InChI is InChI=1S/C20H15NS/c1-13-6-8-21-9-7-14-11-20-17(12-16(14)18(21)10-13)15-4-2-3-5-19(15)22-20/h2-12,18H,1H3/p+1. The van der Waals surface area contributed by atoms with E-state index in [1.165, 1.54) is 41.8 Å². The van der Waals surface area contributed by atoms with Crippen LogP contribution in [0.15, 0.2) is 66.5 Å². The highest BCUT2D eigenvalue weighted by Gasteiger charge is 2.27. The molecule has 0 spiro atoms. The van der Waals surface area contributed by atoms with Crippen LogP contribution in [0.2, 0.25) is 0 Å². The largest absolute Gasteiger partial charge is 0.273 e. The number of nitrogens with one attached hydrogen (secondary N) is 1. The maximum atomic E-state index is 2.42. The average Bonchev–Trinajstić information content (AvgIpc) is 2.90. The number of benzene rings is 2. The van der Waals surface area contributed by atoms with Gasteiger partial charge in [-0.25, -0.2) is 0 Å². The fourth-order valence-electron chi connectivity index (χ4n) is 3.58. The van der Waals surface area contributed by atoms with Crippen molar-refractivity contribution in [1.82, 2.24) is 0 Å². The first-order chi connectivity index (χ1) is 10.8. The zero-order valence-electron chi connectivity index (χ0n) is 12.3. The fraction of sp³-hybridized carbons (Fsp3) is 0.100. The highest BCUT2D eigenvalue weighted by atomic mass is 32.1. The minimum absolute atomic E-state index is 0.410. The van der Waals surface area contributed by atoms with Crippen LogP contribution >= 0.6 is 11.3 Å². The molecule has 0 saturated heterocycles. The van der Waals surface area contributed by atoms with Crippen LogP contribution in [-0.4, -0.2) is 0 Å². The van der Waals surface area contributed by atoms with Crippen LogP contribution < -0.4 is 4.90 Å². The first-order valence-corrected chi connectivity index (χ1v) is 8.48. The van der Waals surface area contributed by atoms with Crippen LogP contribution in [0.25, 0.3) is 26.2 Å². The molecule has 0 fully saturated rings. The van der Waals surface area contributed by atoms with E-state index < -0.39 is 0 Å². The van der Waals surface area contributed by atoms with Gasteiger partial charge in [-0.15, -0.1) is 11.3 Å². The predicted molar refractivity (Wildman–Crippen MR) is 95.0 cm³/mol. The van der Waals surface area contributed by atoms with E-state index in [0.29, 0.717) is 6.04 Å². The van der Waals surface area contributed by atoms with Crippen LogP contribution in [0, 0.1) is 0 Å². The first-order valence-electron chi connectivity index (χ1n) is 7.66. The van der Waals surface area contributed by atoms with Crippen molar-refractivity contribution in [2.24, 2.45) is 0 Å². The Morgan fingerprint density at radius 1 is 0.955 bits per heavy atom. The molecule has 2 aliphatic heterocycles. The Hall–Kier alpha value is -2.16. The summed E-state index contributed by atoms with van der Waals surface area (Å²) in [6.45, 7) is 2.18. The zero-order valence-corrected chi connectivity index (χ0v) is 13.2. The number of rotatable bonds is 0. The van der Waals surface area contributed by atoms with E-state index >= 15 is 0 Å². The third-order valence-corrected chi connectivity index (χ3v) is 5.83. The molecule has 0 bridgehead atoms. The number of hydrogen-bond donors (Lipinski definition) is 1. The van der Waals surface area contributed by atoms with Gasteiger partial charge in [0, 0.05) is 25.7 Å². The van der Waals surface area contributed by atoms with Gasteiger partial charge in [-0.3, -0.25) is 4.90 Å². The summed E-state index contributed by atoms with van der Waals surface area (Å²) in [6, 6.07) is 13.9. The molecule has 0 saturated carbocycles. The fourth-order valence-corrected chi connectivity index (χ4v) is 4.71. The van der Waals surface area contributed by atoms with Gasteiger partial charge in [0.1, 0.15) is 12.2 Å². The van der Waals surface area contributed by atoms with Crippen LogP contribution in [0.4, 0.5) is 0 Å². The Balaban J connectivity index is 1.82. The van der Waals surface area contributed by atoms with Gasteiger partial charge in [-0.1, -0.05) is 18.2 Å². The van der Waals surface area contributed by atoms with Gasteiger partial charge in [0.05, 0.1) is 6.20 Å². The summed E-state index contributed by atoms with van der Waals surface area (Å²) in [4.78, 5) is 1.40. The lowest BCUT2D eigenvalue weighted by molar-refractivity contribution is -0.819. The molecule has 0 radical (unpaired) electrons. The maximum absolute atomic E-state index is 2.42. The third-order valence-electron chi connectivity index (χ3n) is 4.70. The monoisotopic (exact) mass is 302 g/mol. The second kappa shape index (κ2) is 4.42. The smallest absolute Gasteiger partial charge is 0.141 e. The molecule has 0 amide bonds. The molecule has 3 aromatic rings. The van der Waals surface area contributed by atoms with E-state index in [1.807, 2.05) is 11.3 Å². The van der Waals surface area contributed by atoms with Gasteiger partial charge in [0.15, 0.2) is 0 Å². The van der Waals surface area contributed by atoms with Crippen molar-refractivity contribution in [3.8, 4) is 0 Å². The quantitative estimate of drug-likeness (QED) is 0.626. The molecule has 2 atom stereocenters. The minimum atomic E-state index is 0.410. The molecule has 22 heavy (non-hydrogen) atoms. The highest BCUT2D eigenvalue weighted by Crippen LogP contribution is 2.38. The molecule has 3 heterocycles. The van der Waals surface area contributed by atoms with Crippen LogP contribution in [0.3, 0.4) is 0 Å². The number of allylic oxidation sites excluding steroid dienone is 2. The molecule has 2 unspecified atom stereocenters. The van der Waals surface area contributed by atoms with E-state index in [2.05, 4.69) is 73.9 Å². The summed E-state index contributed by atoms with van der Waals surface area (Å²) in [7, 11) is 0. The number of thiophene rings is 1. The van der Waals surface area contributed by atoms with Gasteiger partial charge in [-0.05, 0) is 54.5 Å². The van der Waals surface area contributed by atoms with E-state index in [4.69, 9.17) is 0 Å². The molecular formula is C20H16NS+. The topological polar surface area (TPSA) is 4.44 Å². The normalized spacial score (nSPS) is 22.7. The summed E-state index contributed by atoms with van der Waals surface area (Å²) in [5.41, 5.74) is 4.16. The number of fused-ring (bicyclic) bond motifs is 6. The number of hydrogen-bond acceptors (Lipinski definition) is 1. The summed E-state index contributed by atoms with van der Waals surface area (Å²) in [6.07, 6.45) is 11.4. The first kappa shape index (κ1) is 12.4. The van der Waals surface area contributed by atoms with Crippen LogP contribution in [-0.2, 0) is 0 Å². The lowest BCUT2D eigenvalue weighted by Crippen LogP contribution is -3.03. The van der Waals surface area contributed by atoms with Crippen molar-refractivity contribution in [2.45, 2.75) is 13.0 Å². The van der Waals surface area contributed by atoms with Crippen molar-refractivity contribution >= 4 is 37.6 Å². The Labute approximate surface area is 133 Å². The number of quaternary nitrogens is 1. The molecule has 1 nitrogen and oxygen atoms in total. The summed E-state index contributed by atoms with van der Waals surface area (Å²) >= 11 is 1.89. The molecule has 2 heteroatoms. The third kappa shape index (κ3) is 1.68. The molecule has 1 aromatic heterocycles. The Morgan fingerprint density at radius 3 is 2.77 bits per heavy atom. The second-order valence-corrected chi connectivity index (χ2v) is 7.21. The van der Waals surface area contributed by atoms with Crippen LogP contribution in [0.5, 0.6) is 0 Å². The molecule has 2 aliphatic rings. The van der Waals surface area contributed by atoms with Crippen molar-refractivity contribution in [3.63, 3.8) is 0 Å². The zero-order chi connectivity index (χ0) is 14.7. The molecule has 0 aliphatic carbocycles. The Kier molecular flexibility index (Phi) is 2.49. The maximum Gasteiger partial charge on any atom is 0.141 e. The SMILES string of the molecule is CC1=CC2c3cc4c(cc3C=C[NH+]2C=C1)sc1ccccc14. The van der Waals surface area contributed by atoms with Gasteiger partial charge < -0.3 is 0 Å². The molecular weight excluding hydrogens is 286 g/mol.